The molecule has 0 spiro atoms. The molecule has 2 heteroatoms. The fourth-order valence-electron chi connectivity index (χ4n) is 0.979. The highest BCUT2D eigenvalue weighted by Crippen LogP contribution is 2.10. The summed E-state index contributed by atoms with van der Waals surface area (Å²) >= 11 is 0. The van der Waals surface area contributed by atoms with Gasteiger partial charge in [0.05, 0.1) is 0 Å². The maximum absolute atomic E-state index is 5.66. The summed E-state index contributed by atoms with van der Waals surface area (Å²) in [6.07, 6.45) is 2.10. The van der Waals surface area contributed by atoms with Gasteiger partial charge in [0.25, 0.3) is 0 Å². The van der Waals surface area contributed by atoms with E-state index in [1.54, 1.807) is 0 Å². The van der Waals surface area contributed by atoms with Crippen molar-refractivity contribution in [2.24, 2.45) is 0 Å². The molecule has 0 aliphatic carbocycles. The van der Waals surface area contributed by atoms with Crippen LogP contribution in [-0.2, 0) is 4.74 Å². The molecule has 0 saturated heterocycles. The second-order valence-electron chi connectivity index (χ2n) is 2.96. The molecule has 0 aromatic rings. The van der Waals surface area contributed by atoms with Crippen LogP contribution in [0.4, 0.5) is 0 Å². The van der Waals surface area contributed by atoms with Gasteiger partial charge in [0.15, 0.2) is 0 Å². The third kappa shape index (κ3) is 4.38. The first kappa shape index (κ1) is 10.9. The summed E-state index contributed by atoms with van der Waals surface area (Å²) in [5, 5.41) is 3.32. The minimum absolute atomic E-state index is 0.106. The fourth-order valence-corrected chi connectivity index (χ4v) is 0.979. The van der Waals surface area contributed by atoms with Crippen molar-refractivity contribution in [1.82, 2.24) is 5.32 Å². The summed E-state index contributed by atoms with van der Waals surface area (Å²) in [4.78, 5) is 0. The van der Waals surface area contributed by atoms with E-state index in [0.29, 0.717) is 0 Å². The van der Waals surface area contributed by atoms with Gasteiger partial charge in [0, 0.05) is 6.61 Å². The van der Waals surface area contributed by atoms with Crippen LogP contribution in [0.25, 0.3) is 0 Å². The lowest BCUT2D eigenvalue weighted by molar-refractivity contribution is -0.0582. The third-order valence-corrected chi connectivity index (χ3v) is 1.85. The van der Waals surface area contributed by atoms with Crippen molar-refractivity contribution in [2.75, 3.05) is 13.2 Å². The first-order chi connectivity index (χ1) is 5.18. The molecular weight excluding hydrogens is 138 g/mol. The van der Waals surface area contributed by atoms with E-state index in [1.165, 1.54) is 0 Å². The minimum atomic E-state index is -0.106. The zero-order valence-corrected chi connectivity index (χ0v) is 8.24. The first-order valence-corrected chi connectivity index (χ1v) is 4.57. The second kappa shape index (κ2) is 5.56. The van der Waals surface area contributed by atoms with E-state index >= 15 is 0 Å². The first-order valence-electron chi connectivity index (χ1n) is 4.57. The van der Waals surface area contributed by atoms with Crippen molar-refractivity contribution in [2.45, 2.75) is 46.3 Å². The molecule has 2 nitrogen and oxygen atoms in total. The van der Waals surface area contributed by atoms with E-state index in [9.17, 15) is 0 Å². The van der Waals surface area contributed by atoms with Crippen molar-refractivity contribution >= 4 is 0 Å². The van der Waals surface area contributed by atoms with Crippen molar-refractivity contribution < 1.29 is 4.74 Å². The van der Waals surface area contributed by atoms with Gasteiger partial charge in [-0.25, -0.2) is 0 Å². The van der Waals surface area contributed by atoms with Crippen molar-refractivity contribution in [3.8, 4) is 0 Å². The Labute approximate surface area is 70.3 Å². The van der Waals surface area contributed by atoms with Gasteiger partial charge < -0.3 is 4.74 Å². The molecule has 0 aliphatic heterocycles. The molecule has 0 bridgehead atoms. The molecule has 0 aliphatic rings. The Morgan fingerprint density at radius 2 is 1.91 bits per heavy atom. The summed E-state index contributed by atoms with van der Waals surface area (Å²) in [6, 6.07) is 0. The van der Waals surface area contributed by atoms with Crippen LogP contribution >= 0.6 is 0 Å². The van der Waals surface area contributed by atoms with E-state index in [0.717, 1.165) is 26.0 Å². The standard InChI is InChI=1S/C9H21NO/c1-5-8-11-9(4,6-2)10-7-3/h10H,5-8H2,1-4H3. The predicted molar refractivity (Wildman–Crippen MR) is 48.6 cm³/mol. The molecule has 0 amide bonds. The molecular formula is C9H21NO. The number of nitrogens with one attached hydrogen (secondary N) is 1. The van der Waals surface area contributed by atoms with Crippen molar-refractivity contribution in [3.05, 3.63) is 0 Å². The average molecular weight is 159 g/mol. The van der Waals surface area contributed by atoms with Gasteiger partial charge in [-0.1, -0.05) is 20.8 Å². The Balaban J connectivity index is 3.68. The second-order valence-corrected chi connectivity index (χ2v) is 2.96. The van der Waals surface area contributed by atoms with E-state index in [4.69, 9.17) is 4.74 Å². The maximum atomic E-state index is 5.66. The van der Waals surface area contributed by atoms with Crippen LogP contribution in [0.2, 0.25) is 0 Å². The van der Waals surface area contributed by atoms with Gasteiger partial charge in [-0.05, 0) is 26.3 Å². The van der Waals surface area contributed by atoms with Crippen LogP contribution in [0.15, 0.2) is 0 Å². The normalized spacial score (nSPS) is 16.4. The molecule has 1 unspecified atom stereocenters. The summed E-state index contributed by atoms with van der Waals surface area (Å²) in [5.74, 6) is 0. The number of rotatable bonds is 6. The van der Waals surface area contributed by atoms with Crippen LogP contribution < -0.4 is 5.32 Å². The minimum Gasteiger partial charge on any atom is -0.361 e. The topological polar surface area (TPSA) is 21.3 Å². The number of ether oxygens (including phenoxy) is 1. The maximum Gasteiger partial charge on any atom is 0.116 e. The van der Waals surface area contributed by atoms with Gasteiger partial charge in [0.1, 0.15) is 5.72 Å². The zero-order chi connectivity index (χ0) is 8.74. The van der Waals surface area contributed by atoms with Gasteiger partial charge in [-0.15, -0.1) is 0 Å². The fraction of sp³-hybridized carbons (Fsp3) is 1.00. The Morgan fingerprint density at radius 3 is 2.27 bits per heavy atom. The average Bonchev–Trinajstić information content (AvgIpc) is 2.02. The Morgan fingerprint density at radius 1 is 1.27 bits per heavy atom. The highest BCUT2D eigenvalue weighted by molar-refractivity contribution is 4.68. The quantitative estimate of drug-likeness (QED) is 0.600. The van der Waals surface area contributed by atoms with Crippen LogP contribution in [0.1, 0.15) is 40.5 Å². The summed E-state index contributed by atoms with van der Waals surface area (Å²) in [5.41, 5.74) is -0.106. The molecule has 0 radical (unpaired) electrons. The smallest absolute Gasteiger partial charge is 0.116 e. The molecule has 0 heterocycles. The number of hydrogen-bond donors (Lipinski definition) is 1. The van der Waals surface area contributed by atoms with Crippen LogP contribution in [0, 0.1) is 0 Å². The monoisotopic (exact) mass is 159 g/mol. The van der Waals surface area contributed by atoms with Crippen molar-refractivity contribution in [3.63, 3.8) is 0 Å². The highest BCUT2D eigenvalue weighted by Gasteiger charge is 2.19. The van der Waals surface area contributed by atoms with Gasteiger partial charge in [-0.2, -0.15) is 0 Å². The Bertz CT molecular complexity index is 95.6. The van der Waals surface area contributed by atoms with Crippen LogP contribution in [-0.4, -0.2) is 18.9 Å². The lowest BCUT2D eigenvalue weighted by Gasteiger charge is -2.29. The molecule has 0 saturated carbocycles. The summed E-state index contributed by atoms with van der Waals surface area (Å²) in [7, 11) is 0. The van der Waals surface area contributed by atoms with Gasteiger partial charge >= 0.3 is 0 Å². The van der Waals surface area contributed by atoms with E-state index < -0.39 is 0 Å². The molecule has 1 atom stereocenters. The predicted octanol–water partition coefficient (Wildman–Crippen LogP) is 2.15. The Hall–Kier alpha value is -0.0800. The van der Waals surface area contributed by atoms with E-state index in [1.807, 2.05) is 0 Å². The molecule has 0 fully saturated rings. The lowest BCUT2D eigenvalue weighted by atomic mass is 10.2. The molecule has 0 aromatic carbocycles. The van der Waals surface area contributed by atoms with Crippen LogP contribution in [0.5, 0.6) is 0 Å². The van der Waals surface area contributed by atoms with E-state index in [2.05, 4.69) is 33.0 Å². The molecule has 11 heavy (non-hydrogen) atoms. The molecule has 68 valence electrons. The summed E-state index contributed by atoms with van der Waals surface area (Å²) < 4.78 is 5.66. The van der Waals surface area contributed by atoms with Crippen molar-refractivity contribution in [1.29, 1.82) is 0 Å². The zero-order valence-electron chi connectivity index (χ0n) is 8.24. The molecule has 1 N–H and O–H groups in total. The molecule has 0 rings (SSSR count). The molecule has 0 aromatic heterocycles. The number of hydrogen-bond acceptors (Lipinski definition) is 2. The highest BCUT2D eigenvalue weighted by atomic mass is 16.5. The summed E-state index contributed by atoms with van der Waals surface area (Å²) in [6.45, 7) is 10.3. The van der Waals surface area contributed by atoms with Crippen LogP contribution in [0.3, 0.4) is 0 Å². The SMILES string of the molecule is CCCOC(C)(CC)NCC. The largest absolute Gasteiger partial charge is 0.361 e. The lowest BCUT2D eigenvalue weighted by Crippen LogP contribution is -2.44. The van der Waals surface area contributed by atoms with E-state index in [-0.39, 0.29) is 5.72 Å². The Kier molecular flexibility index (Phi) is 5.51. The van der Waals surface area contributed by atoms with Gasteiger partial charge in [-0.3, -0.25) is 5.32 Å². The van der Waals surface area contributed by atoms with Gasteiger partial charge in [0.2, 0.25) is 0 Å². The third-order valence-electron chi connectivity index (χ3n) is 1.85.